The van der Waals surface area contributed by atoms with Crippen molar-refractivity contribution >= 4 is 22.4 Å². The third kappa shape index (κ3) is 5.31. The summed E-state index contributed by atoms with van der Waals surface area (Å²) in [4.78, 5) is 12.3. The van der Waals surface area contributed by atoms with Gasteiger partial charge in [0.25, 0.3) is 5.91 Å². The van der Waals surface area contributed by atoms with Crippen LogP contribution in [0.15, 0.2) is 54.6 Å². The number of hydrogen-bond acceptors (Lipinski definition) is 5. The van der Waals surface area contributed by atoms with Crippen molar-refractivity contribution in [1.82, 2.24) is 10.2 Å². The number of nitrogens with zero attached hydrogens (tertiary/aromatic N) is 2. The summed E-state index contributed by atoms with van der Waals surface area (Å²) >= 11 is 1.48. The number of carbonyl (C=O) groups is 1. The van der Waals surface area contributed by atoms with Gasteiger partial charge in [0.15, 0.2) is 6.61 Å². The minimum absolute atomic E-state index is 0.0558. The molecule has 1 saturated carbocycles. The van der Waals surface area contributed by atoms with E-state index in [0.717, 1.165) is 5.01 Å². The number of benzene rings is 2. The summed E-state index contributed by atoms with van der Waals surface area (Å²) in [6.07, 6.45) is 6.15. The fraction of sp³-hybridized carbons (Fsp3) is 0.400. The molecule has 1 amide bonds. The second-order valence-corrected chi connectivity index (χ2v) is 9.64. The molecule has 1 aliphatic rings. The molecule has 0 spiro atoms. The second kappa shape index (κ2) is 9.60. The van der Waals surface area contributed by atoms with E-state index in [1.807, 2.05) is 18.2 Å². The molecule has 2 aromatic carbocycles. The van der Waals surface area contributed by atoms with Gasteiger partial charge < -0.3 is 4.74 Å². The van der Waals surface area contributed by atoms with Crippen molar-refractivity contribution in [2.75, 3.05) is 11.9 Å². The van der Waals surface area contributed by atoms with Crippen LogP contribution in [0.25, 0.3) is 0 Å². The number of aromatic nitrogens is 2. The standard InChI is InChI=1S/C25H29N3O2S/c1-25(2,19-11-7-4-8-12-19)20-13-15-21(16-14-20)30-17-22(29)26-24-28-27-23(31-24)18-9-5-3-6-10-18/h4,7-8,11-16,18H,3,5-6,9-10,17H2,1-2H3,(H,26,28,29). The van der Waals surface area contributed by atoms with E-state index in [-0.39, 0.29) is 17.9 Å². The number of rotatable bonds is 7. The highest BCUT2D eigenvalue weighted by molar-refractivity contribution is 7.15. The predicted octanol–water partition coefficient (Wildman–Crippen LogP) is 5.93. The molecular formula is C25H29N3O2S. The third-order valence-corrected chi connectivity index (χ3v) is 7.08. The average Bonchev–Trinajstić information content (AvgIpc) is 3.27. The van der Waals surface area contributed by atoms with Gasteiger partial charge in [0, 0.05) is 11.3 Å². The van der Waals surface area contributed by atoms with Crippen LogP contribution < -0.4 is 10.1 Å². The summed E-state index contributed by atoms with van der Waals surface area (Å²) in [5.41, 5.74) is 2.35. The fourth-order valence-electron chi connectivity index (χ4n) is 4.09. The van der Waals surface area contributed by atoms with E-state index in [2.05, 4.69) is 65.8 Å². The lowest BCUT2D eigenvalue weighted by molar-refractivity contribution is -0.118. The van der Waals surface area contributed by atoms with Gasteiger partial charge in [-0.15, -0.1) is 10.2 Å². The Labute approximate surface area is 187 Å². The molecule has 0 saturated heterocycles. The zero-order valence-electron chi connectivity index (χ0n) is 18.1. The summed E-state index contributed by atoms with van der Waals surface area (Å²) in [7, 11) is 0. The second-order valence-electron chi connectivity index (χ2n) is 8.63. The van der Waals surface area contributed by atoms with Crippen molar-refractivity contribution in [1.29, 1.82) is 0 Å². The smallest absolute Gasteiger partial charge is 0.264 e. The summed E-state index contributed by atoms with van der Waals surface area (Å²) in [5.74, 6) is 0.940. The molecule has 31 heavy (non-hydrogen) atoms. The van der Waals surface area contributed by atoms with Crippen molar-refractivity contribution in [3.63, 3.8) is 0 Å². The summed E-state index contributed by atoms with van der Waals surface area (Å²) in [6.45, 7) is 4.35. The highest BCUT2D eigenvalue weighted by Crippen LogP contribution is 2.35. The molecule has 0 aliphatic heterocycles. The Hall–Kier alpha value is -2.73. The van der Waals surface area contributed by atoms with Gasteiger partial charge in [-0.25, -0.2) is 0 Å². The SMILES string of the molecule is CC(C)(c1ccccc1)c1ccc(OCC(=O)Nc2nnc(C3CCCCC3)s2)cc1. The summed E-state index contributed by atoms with van der Waals surface area (Å²) < 4.78 is 5.68. The van der Waals surface area contributed by atoms with Crippen molar-refractivity contribution in [2.45, 2.75) is 57.3 Å². The van der Waals surface area contributed by atoms with Crippen LogP contribution in [0, 0.1) is 0 Å². The molecule has 0 atom stereocenters. The average molecular weight is 436 g/mol. The number of carbonyl (C=O) groups excluding carboxylic acids is 1. The maximum atomic E-state index is 12.3. The van der Waals surface area contributed by atoms with Crippen molar-refractivity contribution in [3.05, 3.63) is 70.7 Å². The number of hydrogen-bond donors (Lipinski definition) is 1. The van der Waals surface area contributed by atoms with Crippen molar-refractivity contribution in [2.24, 2.45) is 0 Å². The molecule has 1 aliphatic carbocycles. The maximum Gasteiger partial charge on any atom is 0.264 e. The Morgan fingerprint density at radius 2 is 1.68 bits per heavy atom. The highest BCUT2D eigenvalue weighted by Gasteiger charge is 2.23. The zero-order chi connectivity index (χ0) is 21.7. The van der Waals surface area contributed by atoms with Crippen LogP contribution in [-0.4, -0.2) is 22.7 Å². The van der Waals surface area contributed by atoms with Crippen LogP contribution in [0.4, 0.5) is 5.13 Å². The highest BCUT2D eigenvalue weighted by atomic mass is 32.1. The molecule has 0 radical (unpaired) electrons. The maximum absolute atomic E-state index is 12.3. The molecule has 0 bridgehead atoms. The topological polar surface area (TPSA) is 64.1 Å². The number of nitrogens with one attached hydrogen (secondary N) is 1. The van der Waals surface area contributed by atoms with Gasteiger partial charge in [-0.05, 0) is 36.1 Å². The van der Waals surface area contributed by atoms with Gasteiger partial charge in [-0.2, -0.15) is 0 Å². The van der Waals surface area contributed by atoms with Gasteiger partial charge in [0.05, 0.1) is 0 Å². The van der Waals surface area contributed by atoms with Crippen LogP contribution in [0.2, 0.25) is 0 Å². The zero-order valence-corrected chi connectivity index (χ0v) is 19.0. The minimum Gasteiger partial charge on any atom is -0.484 e. The van der Waals surface area contributed by atoms with Crippen LogP contribution in [0.5, 0.6) is 5.75 Å². The molecule has 162 valence electrons. The van der Waals surface area contributed by atoms with E-state index < -0.39 is 0 Å². The number of ether oxygens (including phenoxy) is 1. The first-order valence-electron chi connectivity index (χ1n) is 10.9. The van der Waals surface area contributed by atoms with E-state index >= 15 is 0 Å². The van der Waals surface area contributed by atoms with Crippen LogP contribution in [0.3, 0.4) is 0 Å². The normalized spacial score (nSPS) is 14.9. The Morgan fingerprint density at radius 3 is 2.39 bits per heavy atom. The lowest BCUT2D eigenvalue weighted by Crippen LogP contribution is -2.20. The fourth-order valence-corrected chi connectivity index (χ4v) is 5.02. The van der Waals surface area contributed by atoms with E-state index in [1.165, 1.54) is 54.6 Å². The first-order valence-corrected chi connectivity index (χ1v) is 11.8. The first kappa shape index (κ1) is 21.5. The summed E-state index contributed by atoms with van der Waals surface area (Å²) in [5, 5.41) is 12.8. The Balaban J connectivity index is 1.30. The van der Waals surface area contributed by atoms with Crippen molar-refractivity contribution < 1.29 is 9.53 Å². The van der Waals surface area contributed by atoms with Gasteiger partial charge in [0.1, 0.15) is 10.8 Å². The quantitative estimate of drug-likeness (QED) is 0.500. The largest absolute Gasteiger partial charge is 0.484 e. The molecule has 1 aromatic heterocycles. The van der Waals surface area contributed by atoms with E-state index in [4.69, 9.17) is 4.74 Å². The lowest BCUT2D eigenvalue weighted by atomic mass is 9.78. The van der Waals surface area contributed by atoms with E-state index in [0.29, 0.717) is 16.8 Å². The van der Waals surface area contributed by atoms with E-state index in [9.17, 15) is 4.79 Å². The number of anilines is 1. The van der Waals surface area contributed by atoms with Gasteiger partial charge in [-0.1, -0.05) is 86.9 Å². The van der Waals surface area contributed by atoms with Crippen LogP contribution >= 0.6 is 11.3 Å². The molecule has 1 heterocycles. The van der Waals surface area contributed by atoms with Gasteiger partial charge in [0.2, 0.25) is 5.13 Å². The molecule has 0 unspecified atom stereocenters. The molecule has 4 rings (SSSR count). The molecule has 5 nitrogen and oxygen atoms in total. The van der Waals surface area contributed by atoms with Crippen molar-refractivity contribution in [3.8, 4) is 5.75 Å². The third-order valence-electron chi connectivity index (χ3n) is 6.08. The van der Waals surface area contributed by atoms with Gasteiger partial charge in [-0.3, -0.25) is 10.1 Å². The lowest BCUT2D eigenvalue weighted by Gasteiger charge is -2.26. The molecular weight excluding hydrogens is 406 g/mol. The van der Waals surface area contributed by atoms with E-state index in [1.54, 1.807) is 0 Å². The van der Waals surface area contributed by atoms with Crippen LogP contribution in [0.1, 0.15) is 68.0 Å². The van der Waals surface area contributed by atoms with Crippen LogP contribution in [-0.2, 0) is 10.2 Å². The molecule has 3 aromatic rings. The summed E-state index contributed by atoms with van der Waals surface area (Å²) in [6, 6.07) is 18.4. The monoisotopic (exact) mass is 435 g/mol. The molecule has 1 fully saturated rings. The Morgan fingerprint density at radius 1 is 1.00 bits per heavy atom. The Kier molecular flexibility index (Phi) is 6.66. The Bertz CT molecular complexity index is 993. The predicted molar refractivity (Wildman–Crippen MR) is 125 cm³/mol. The number of amides is 1. The molecule has 6 heteroatoms. The minimum atomic E-state index is -0.222. The molecule has 1 N–H and O–H groups in total. The first-order chi connectivity index (χ1) is 15.0. The van der Waals surface area contributed by atoms with Gasteiger partial charge >= 0.3 is 0 Å².